The maximum atomic E-state index is 5.23. The molecule has 1 N–H and O–H groups in total. The molecule has 0 aliphatic heterocycles. The lowest BCUT2D eigenvalue weighted by molar-refractivity contribution is 0.751. The first kappa shape index (κ1) is 24.3. The minimum Gasteiger partial charge on any atom is -0.375 e. The van der Waals surface area contributed by atoms with Gasteiger partial charge in [0, 0.05) is 16.6 Å². The lowest BCUT2D eigenvalue weighted by Crippen LogP contribution is -2.17. The van der Waals surface area contributed by atoms with E-state index in [-0.39, 0.29) is 6.04 Å². The summed E-state index contributed by atoms with van der Waals surface area (Å²) in [6.07, 6.45) is 0.882. The van der Waals surface area contributed by atoms with Gasteiger partial charge in [0.05, 0.1) is 11.7 Å². The van der Waals surface area contributed by atoms with Gasteiger partial charge in [0.1, 0.15) is 5.01 Å². The first-order chi connectivity index (χ1) is 17.5. The van der Waals surface area contributed by atoms with Crippen molar-refractivity contribution in [1.82, 2.24) is 4.98 Å². The zero-order valence-electron chi connectivity index (χ0n) is 21.5. The topological polar surface area (TPSA) is 24.9 Å². The van der Waals surface area contributed by atoms with E-state index < -0.39 is 0 Å². The largest absolute Gasteiger partial charge is 0.375 e. The van der Waals surface area contributed by atoms with Crippen molar-refractivity contribution < 1.29 is 0 Å². The number of thiazole rings is 1. The predicted molar refractivity (Wildman–Crippen MR) is 156 cm³/mol. The van der Waals surface area contributed by atoms with Gasteiger partial charge in [0.15, 0.2) is 0 Å². The number of nitrogens with one attached hydrogen (secondary N) is 1. The van der Waals surface area contributed by atoms with Crippen LogP contribution in [0.25, 0.3) is 22.0 Å². The highest BCUT2D eigenvalue weighted by atomic mass is 32.1. The zero-order valence-corrected chi connectivity index (χ0v) is 22.3. The Balaban J connectivity index is 1.57. The fourth-order valence-electron chi connectivity index (χ4n) is 4.96. The summed E-state index contributed by atoms with van der Waals surface area (Å²) in [5.74, 6) is 0.872. The van der Waals surface area contributed by atoms with Gasteiger partial charge in [0.25, 0.3) is 0 Å². The maximum absolute atomic E-state index is 5.23. The van der Waals surface area contributed by atoms with Crippen LogP contribution in [-0.4, -0.2) is 4.98 Å². The van der Waals surface area contributed by atoms with Crippen molar-refractivity contribution in [2.45, 2.75) is 52.0 Å². The smallest absolute Gasteiger partial charge is 0.116 e. The molecule has 5 rings (SSSR count). The molecule has 1 atom stereocenters. The average molecular weight is 491 g/mol. The highest BCUT2D eigenvalue weighted by molar-refractivity contribution is 7.10. The molecule has 3 heteroatoms. The van der Waals surface area contributed by atoms with Gasteiger partial charge < -0.3 is 5.32 Å². The predicted octanol–water partition coefficient (Wildman–Crippen LogP) is 9.61. The van der Waals surface area contributed by atoms with Crippen LogP contribution in [0.2, 0.25) is 0 Å². The molecule has 0 spiro atoms. The Morgan fingerprint density at radius 2 is 1.36 bits per heavy atom. The summed E-state index contributed by atoms with van der Waals surface area (Å²) in [6, 6.07) is 32.6. The zero-order chi connectivity index (χ0) is 25.1. The van der Waals surface area contributed by atoms with E-state index in [0.717, 1.165) is 17.1 Å². The van der Waals surface area contributed by atoms with Gasteiger partial charge in [-0.1, -0.05) is 119 Å². The number of anilines is 1. The number of aromatic nitrogens is 1. The Labute approximate surface area is 219 Å². The summed E-state index contributed by atoms with van der Waals surface area (Å²) in [5.41, 5.74) is 7.55. The van der Waals surface area contributed by atoms with Crippen LogP contribution >= 0.6 is 11.3 Å². The molecule has 0 radical (unpaired) electrons. The molecule has 0 fully saturated rings. The maximum Gasteiger partial charge on any atom is 0.116 e. The van der Waals surface area contributed by atoms with Crippen LogP contribution in [0, 0.1) is 0 Å². The van der Waals surface area contributed by atoms with Crippen molar-refractivity contribution in [3.63, 3.8) is 0 Å². The quantitative estimate of drug-likeness (QED) is 0.234. The third-order valence-corrected chi connectivity index (χ3v) is 7.82. The summed E-state index contributed by atoms with van der Waals surface area (Å²) < 4.78 is 0. The van der Waals surface area contributed by atoms with E-state index in [0.29, 0.717) is 11.8 Å². The minimum absolute atomic E-state index is 0.0820. The Morgan fingerprint density at radius 3 is 2.08 bits per heavy atom. The van der Waals surface area contributed by atoms with E-state index >= 15 is 0 Å². The molecule has 0 amide bonds. The lowest BCUT2D eigenvalue weighted by atomic mass is 9.92. The molecule has 0 bridgehead atoms. The Hall–Kier alpha value is -3.43. The number of rotatable bonds is 8. The van der Waals surface area contributed by atoms with E-state index in [1.165, 1.54) is 38.7 Å². The van der Waals surface area contributed by atoms with Crippen molar-refractivity contribution in [3.05, 3.63) is 118 Å². The highest BCUT2D eigenvalue weighted by Gasteiger charge is 2.22. The molecule has 2 nitrogen and oxygen atoms in total. The SMILES string of the molecule is CC(C)c1cccc(C(C)C)c1NC(Cc1ccccc1)c1nc(-c2cccc3ccccc23)cs1. The Kier molecular flexibility index (Phi) is 7.20. The fourth-order valence-corrected chi connectivity index (χ4v) is 5.83. The van der Waals surface area contributed by atoms with Gasteiger partial charge in [-0.05, 0) is 45.7 Å². The summed E-state index contributed by atoms with van der Waals surface area (Å²) in [6.45, 7) is 9.11. The third kappa shape index (κ3) is 5.08. The van der Waals surface area contributed by atoms with Gasteiger partial charge in [-0.2, -0.15) is 0 Å². The summed E-state index contributed by atoms with van der Waals surface area (Å²) in [5, 5.41) is 9.82. The third-order valence-electron chi connectivity index (χ3n) is 6.86. The van der Waals surface area contributed by atoms with Crippen molar-refractivity contribution >= 4 is 27.8 Å². The second kappa shape index (κ2) is 10.7. The monoisotopic (exact) mass is 490 g/mol. The second-order valence-electron chi connectivity index (χ2n) is 10.1. The van der Waals surface area contributed by atoms with Gasteiger partial charge in [0.2, 0.25) is 0 Å². The van der Waals surface area contributed by atoms with Crippen LogP contribution in [0.4, 0.5) is 5.69 Å². The van der Waals surface area contributed by atoms with E-state index in [4.69, 9.17) is 4.98 Å². The first-order valence-corrected chi connectivity index (χ1v) is 13.8. The van der Waals surface area contributed by atoms with Crippen LogP contribution in [0.5, 0.6) is 0 Å². The molecule has 0 aliphatic rings. The van der Waals surface area contributed by atoms with Crippen molar-refractivity contribution in [3.8, 4) is 11.3 Å². The number of para-hydroxylation sites is 1. The van der Waals surface area contributed by atoms with Crippen LogP contribution in [-0.2, 0) is 6.42 Å². The normalized spacial score (nSPS) is 12.4. The number of hydrogen-bond acceptors (Lipinski definition) is 3. The van der Waals surface area contributed by atoms with Crippen LogP contribution < -0.4 is 5.32 Å². The van der Waals surface area contributed by atoms with Crippen molar-refractivity contribution in [1.29, 1.82) is 0 Å². The van der Waals surface area contributed by atoms with Gasteiger partial charge in [-0.15, -0.1) is 11.3 Å². The molecular formula is C33H34N2S. The highest BCUT2D eigenvalue weighted by Crippen LogP contribution is 2.38. The summed E-state index contributed by atoms with van der Waals surface area (Å²) in [7, 11) is 0. The molecule has 0 aliphatic carbocycles. The average Bonchev–Trinajstić information content (AvgIpc) is 3.38. The van der Waals surface area contributed by atoms with E-state index in [1.54, 1.807) is 11.3 Å². The molecule has 4 aromatic carbocycles. The van der Waals surface area contributed by atoms with E-state index in [2.05, 4.69) is 129 Å². The molecule has 0 saturated heterocycles. The van der Waals surface area contributed by atoms with E-state index in [9.17, 15) is 0 Å². The first-order valence-electron chi connectivity index (χ1n) is 12.9. The summed E-state index contributed by atoms with van der Waals surface area (Å²) >= 11 is 1.75. The molecule has 1 aromatic heterocycles. The van der Waals surface area contributed by atoms with Crippen LogP contribution in [0.1, 0.15) is 67.3 Å². The molecule has 1 heterocycles. The molecule has 1 unspecified atom stereocenters. The number of nitrogens with zero attached hydrogens (tertiary/aromatic N) is 1. The minimum atomic E-state index is 0.0820. The molecule has 182 valence electrons. The summed E-state index contributed by atoms with van der Waals surface area (Å²) in [4.78, 5) is 5.23. The lowest BCUT2D eigenvalue weighted by Gasteiger charge is -2.25. The van der Waals surface area contributed by atoms with Crippen molar-refractivity contribution in [2.24, 2.45) is 0 Å². The Bertz CT molecular complexity index is 1420. The molecule has 0 saturated carbocycles. The van der Waals surface area contributed by atoms with Crippen LogP contribution in [0.3, 0.4) is 0 Å². The molecule has 36 heavy (non-hydrogen) atoms. The van der Waals surface area contributed by atoms with Crippen LogP contribution in [0.15, 0.2) is 96.4 Å². The van der Waals surface area contributed by atoms with Crippen molar-refractivity contribution in [2.75, 3.05) is 5.32 Å². The van der Waals surface area contributed by atoms with Gasteiger partial charge in [-0.3, -0.25) is 0 Å². The molecular weight excluding hydrogens is 456 g/mol. The fraction of sp³-hybridized carbons (Fsp3) is 0.242. The number of hydrogen-bond donors (Lipinski definition) is 1. The second-order valence-corrected chi connectivity index (χ2v) is 11.0. The number of benzene rings is 4. The van der Waals surface area contributed by atoms with Gasteiger partial charge in [-0.25, -0.2) is 4.98 Å². The Morgan fingerprint density at radius 1 is 0.722 bits per heavy atom. The molecule has 5 aromatic rings. The van der Waals surface area contributed by atoms with Gasteiger partial charge >= 0.3 is 0 Å². The standard InChI is InChI=1S/C33H34N2S/c1-22(2)26-17-11-18-27(23(3)4)32(26)34-30(20-24-12-6-5-7-13-24)33-35-31(21-36-33)29-19-10-15-25-14-8-9-16-28(25)29/h5-19,21-23,30,34H,20H2,1-4H3. The number of fused-ring (bicyclic) bond motifs is 1. The van der Waals surface area contributed by atoms with E-state index in [1.807, 2.05) is 0 Å².